The molecule has 2 rings (SSSR count). The van der Waals surface area contributed by atoms with Gasteiger partial charge in [0.05, 0.1) is 0 Å². The first-order valence-corrected chi connectivity index (χ1v) is 6.32. The summed E-state index contributed by atoms with van der Waals surface area (Å²) in [5, 5.41) is 13.8. The van der Waals surface area contributed by atoms with Crippen molar-refractivity contribution in [1.82, 2.24) is 15.5 Å². The Morgan fingerprint density at radius 3 is 2.93 bits per heavy atom. The molecule has 0 aromatic carbocycles. The summed E-state index contributed by atoms with van der Waals surface area (Å²) in [5.41, 5.74) is 0. The van der Waals surface area contributed by atoms with Crippen molar-refractivity contribution >= 4 is 11.3 Å². The fourth-order valence-corrected chi connectivity index (χ4v) is 2.09. The summed E-state index contributed by atoms with van der Waals surface area (Å²) in [6.07, 6.45) is 3.66. The molecule has 1 heterocycles. The average Bonchev–Trinajstić information content (AvgIpc) is 2.95. The predicted octanol–water partition coefficient (Wildman–Crippen LogP) is 1.37. The van der Waals surface area contributed by atoms with Gasteiger partial charge < -0.3 is 10.1 Å². The molecule has 4 nitrogen and oxygen atoms in total. The van der Waals surface area contributed by atoms with Crippen LogP contribution in [0.4, 0.5) is 0 Å². The van der Waals surface area contributed by atoms with Gasteiger partial charge in [0.15, 0.2) is 0 Å². The normalized spacial score (nSPS) is 15.8. The zero-order chi connectivity index (χ0) is 10.5. The minimum atomic E-state index is 0.601. The zero-order valence-electron chi connectivity index (χ0n) is 9.03. The fourth-order valence-electron chi connectivity index (χ4n) is 1.31. The highest BCUT2D eigenvalue weighted by Gasteiger charge is 2.19. The van der Waals surface area contributed by atoms with Gasteiger partial charge >= 0.3 is 0 Å². The topological polar surface area (TPSA) is 47.0 Å². The van der Waals surface area contributed by atoms with Crippen molar-refractivity contribution in [3.8, 4) is 0 Å². The van der Waals surface area contributed by atoms with E-state index in [1.807, 2.05) is 6.92 Å². The molecular weight excluding hydrogens is 210 g/mol. The summed E-state index contributed by atoms with van der Waals surface area (Å²) >= 11 is 1.66. The van der Waals surface area contributed by atoms with Gasteiger partial charge in [-0.2, -0.15) is 0 Å². The van der Waals surface area contributed by atoms with Crippen molar-refractivity contribution in [1.29, 1.82) is 0 Å². The summed E-state index contributed by atoms with van der Waals surface area (Å²) in [5.74, 6) is 0. The van der Waals surface area contributed by atoms with E-state index in [4.69, 9.17) is 4.74 Å². The summed E-state index contributed by atoms with van der Waals surface area (Å²) in [7, 11) is 0. The second-order valence-corrected chi connectivity index (χ2v) is 4.85. The molecule has 5 heteroatoms. The van der Waals surface area contributed by atoms with Gasteiger partial charge in [0.1, 0.15) is 16.6 Å². The van der Waals surface area contributed by atoms with Gasteiger partial charge in [-0.05, 0) is 19.8 Å². The van der Waals surface area contributed by atoms with Crippen LogP contribution in [0.25, 0.3) is 0 Å². The van der Waals surface area contributed by atoms with E-state index in [2.05, 4.69) is 15.5 Å². The smallest absolute Gasteiger partial charge is 0.143 e. The number of ether oxygens (including phenoxy) is 1. The zero-order valence-corrected chi connectivity index (χ0v) is 9.85. The highest BCUT2D eigenvalue weighted by molar-refractivity contribution is 7.11. The third kappa shape index (κ3) is 3.85. The first-order chi connectivity index (χ1) is 7.38. The van der Waals surface area contributed by atoms with Crippen LogP contribution in [0, 0.1) is 0 Å². The average molecular weight is 227 g/mol. The maximum atomic E-state index is 5.28. The van der Waals surface area contributed by atoms with Crippen molar-refractivity contribution in [2.75, 3.05) is 13.2 Å². The second-order valence-electron chi connectivity index (χ2n) is 3.71. The van der Waals surface area contributed by atoms with Crippen LogP contribution in [0.15, 0.2) is 0 Å². The molecule has 1 aliphatic carbocycles. The van der Waals surface area contributed by atoms with Gasteiger partial charge in [-0.3, -0.25) is 0 Å². The molecule has 1 N–H and O–H groups in total. The van der Waals surface area contributed by atoms with E-state index in [1.54, 1.807) is 11.3 Å². The molecule has 0 spiro atoms. The van der Waals surface area contributed by atoms with E-state index in [0.29, 0.717) is 6.61 Å². The highest BCUT2D eigenvalue weighted by atomic mass is 32.1. The Morgan fingerprint density at radius 1 is 1.40 bits per heavy atom. The van der Waals surface area contributed by atoms with Gasteiger partial charge in [-0.25, -0.2) is 0 Å². The summed E-state index contributed by atoms with van der Waals surface area (Å²) in [6, 6.07) is 0.779. The molecule has 1 aliphatic rings. The van der Waals surface area contributed by atoms with Crippen LogP contribution in [0.1, 0.15) is 29.8 Å². The Kier molecular flexibility index (Phi) is 4.05. The molecule has 0 aliphatic heterocycles. The van der Waals surface area contributed by atoms with Crippen molar-refractivity contribution in [2.24, 2.45) is 0 Å². The van der Waals surface area contributed by atoms with E-state index in [-0.39, 0.29) is 0 Å². The Balaban J connectivity index is 1.68. The largest absolute Gasteiger partial charge is 0.374 e. The number of rotatable bonds is 7. The Labute approximate surface area is 94.1 Å². The summed E-state index contributed by atoms with van der Waals surface area (Å²) in [4.78, 5) is 0. The van der Waals surface area contributed by atoms with Crippen LogP contribution in [0.3, 0.4) is 0 Å². The maximum absolute atomic E-state index is 5.28. The Hall–Kier alpha value is -0.520. The molecule has 0 radical (unpaired) electrons. The predicted molar refractivity (Wildman–Crippen MR) is 60.0 cm³/mol. The van der Waals surface area contributed by atoms with E-state index in [9.17, 15) is 0 Å². The quantitative estimate of drug-likeness (QED) is 0.764. The number of nitrogens with one attached hydrogen (secondary N) is 1. The Morgan fingerprint density at radius 2 is 2.20 bits per heavy atom. The van der Waals surface area contributed by atoms with E-state index < -0.39 is 0 Å². The highest BCUT2D eigenvalue weighted by Crippen LogP contribution is 2.18. The first kappa shape index (κ1) is 11.0. The van der Waals surface area contributed by atoms with Crippen molar-refractivity contribution < 1.29 is 4.74 Å². The number of nitrogens with zero attached hydrogens (tertiary/aromatic N) is 2. The van der Waals surface area contributed by atoms with Gasteiger partial charge in [0.2, 0.25) is 0 Å². The molecule has 0 bridgehead atoms. The van der Waals surface area contributed by atoms with E-state index in [1.165, 1.54) is 12.8 Å². The van der Waals surface area contributed by atoms with Crippen LogP contribution in [0.5, 0.6) is 0 Å². The van der Waals surface area contributed by atoms with Gasteiger partial charge in [0, 0.05) is 25.6 Å². The third-order valence-corrected chi connectivity index (χ3v) is 3.24. The second kappa shape index (κ2) is 5.53. The molecule has 1 saturated carbocycles. The fraction of sp³-hybridized carbons (Fsp3) is 0.800. The first-order valence-electron chi connectivity index (χ1n) is 5.51. The summed E-state index contributed by atoms with van der Waals surface area (Å²) < 4.78 is 5.28. The minimum absolute atomic E-state index is 0.601. The molecule has 1 fully saturated rings. The lowest BCUT2D eigenvalue weighted by molar-refractivity contribution is 0.133. The van der Waals surface area contributed by atoms with Crippen LogP contribution < -0.4 is 5.32 Å². The molecule has 0 amide bonds. The van der Waals surface area contributed by atoms with Crippen LogP contribution in [-0.2, 0) is 17.8 Å². The number of hydrogen-bond donors (Lipinski definition) is 1. The molecule has 1 aromatic heterocycles. The maximum Gasteiger partial charge on any atom is 0.143 e. The molecule has 0 atom stereocenters. The molecule has 0 saturated heterocycles. The molecular formula is C10H17N3OS. The minimum Gasteiger partial charge on any atom is -0.374 e. The molecule has 0 unspecified atom stereocenters. The molecule has 15 heavy (non-hydrogen) atoms. The number of aromatic nitrogens is 2. The van der Waals surface area contributed by atoms with Gasteiger partial charge in [-0.1, -0.05) is 11.3 Å². The van der Waals surface area contributed by atoms with Gasteiger partial charge in [0.25, 0.3) is 0 Å². The van der Waals surface area contributed by atoms with Crippen LogP contribution in [0.2, 0.25) is 0 Å². The number of hydrogen-bond acceptors (Lipinski definition) is 5. The summed E-state index contributed by atoms with van der Waals surface area (Å²) in [6.45, 7) is 4.35. The lowest BCUT2D eigenvalue weighted by Gasteiger charge is -1.97. The standard InChI is InChI=1S/C10H17N3OS/c1-2-14-7-10-13-12-9(15-10)5-6-11-8-3-4-8/h8,11H,2-7H2,1H3. The van der Waals surface area contributed by atoms with Crippen LogP contribution in [-0.4, -0.2) is 29.4 Å². The lowest BCUT2D eigenvalue weighted by atomic mass is 10.4. The van der Waals surface area contributed by atoms with Gasteiger partial charge in [-0.15, -0.1) is 10.2 Å². The molecule has 1 aromatic rings. The van der Waals surface area contributed by atoms with Crippen molar-refractivity contribution in [3.05, 3.63) is 10.0 Å². The monoisotopic (exact) mass is 227 g/mol. The van der Waals surface area contributed by atoms with Crippen LogP contribution >= 0.6 is 11.3 Å². The van der Waals surface area contributed by atoms with E-state index >= 15 is 0 Å². The SMILES string of the molecule is CCOCc1nnc(CCNC2CC2)s1. The van der Waals surface area contributed by atoms with Crippen molar-refractivity contribution in [3.63, 3.8) is 0 Å². The Bertz CT molecular complexity index is 299. The lowest BCUT2D eigenvalue weighted by Crippen LogP contribution is -2.19. The van der Waals surface area contributed by atoms with E-state index in [0.717, 1.165) is 35.6 Å². The molecule has 84 valence electrons. The van der Waals surface area contributed by atoms with Crippen molar-refractivity contribution in [2.45, 2.75) is 38.8 Å². The third-order valence-electron chi connectivity index (χ3n) is 2.29.